The Bertz CT molecular complexity index is 249. The van der Waals surface area contributed by atoms with Crippen LogP contribution in [0.4, 0.5) is 13.2 Å². The van der Waals surface area contributed by atoms with Crippen molar-refractivity contribution in [2.75, 3.05) is 0 Å². The number of hydrogen-bond donors (Lipinski definition) is 0. The minimum Gasteiger partial charge on any atom is -0.211 e. The molecule has 80 valence electrons. The van der Waals surface area contributed by atoms with Crippen LogP contribution in [-0.4, -0.2) is 6.43 Å². The molecule has 0 saturated carbocycles. The first-order chi connectivity index (χ1) is 6.47. The molecule has 0 atom stereocenters. The van der Waals surface area contributed by atoms with E-state index in [9.17, 15) is 13.2 Å². The molecule has 3 heteroatoms. The van der Waals surface area contributed by atoms with Crippen LogP contribution in [0.2, 0.25) is 0 Å². The standard InChI is InChI=1S/C11H15F3/c1-4-10(12)9(3)7-8(2)5-6-11(13)14/h4,7,11H,2,5-6H2,1,3H3/b9-7-,10-4+. The van der Waals surface area contributed by atoms with Crippen molar-refractivity contribution in [1.29, 1.82) is 0 Å². The van der Waals surface area contributed by atoms with E-state index in [1.165, 1.54) is 12.2 Å². The Hall–Kier alpha value is -0.990. The molecule has 0 aliphatic carbocycles. The summed E-state index contributed by atoms with van der Waals surface area (Å²) in [6.45, 7) is 6.74. The van der Waals surface area contributed by atoms with Crippen molar-refractivity contribution in [3.8, 4) is 0 Å². The molecule has 0 nitrogen and oxygen atoms in total. The van der Waals surface area contributed by atoms with E-state index in [1.54, 1.807) is 13.8 Å². The molecule has 0 aliphatic heterocycles. The highest BCUT2D eigenvalue weighted by Crippen LogP contribution is 2.16. The Kier molecular flexibility index (Phi) is 6.00. The summed E-state index contributed by atoms with van der Waals surface area (Å²) in [6, 6.07) is 0. The molecule has 0 saturated heterocycles. The van der Waals surface area contributed by atoms with Gasteiger partial charge in [0.25, 0.3) is 0 Å². The average molecular weight is 204 g/mol. The molecular formula is C11H15F3. The van der Waals surface area contributed by atoms with Crippen LogP contribution < -0.4 is 0 Å². The lowest BCUT2D eigenvalue weighted by Crippen LogP contribution is -1.90. The molecule has 0 N–H and O–H groups in total. The van der Waals surface area contributed by atoms with Crippen molar-refractivity contribution in [2.24, 2.45) is 0 Å². The van der Waals surface area contributed by atoms with Gasteiger partial charge in [0, 0.05) is 6.42 Å². The minimum absolute atomic E-state index is 0.200. The molecule has 0 unspecified atom stereocenters. The van der Waals surface area contributed by atoms with Gasteiger partial charge in [-0.15, -0.1) is 0 Å². The van der Waals surface area contributed by atoms with E-state index < -0.39 is 6.43 Å². The monoisotopic (exact) mass is 204 g/mol. The van der Waals surface area contributed by atoms with Crippen LogP contribution in [0.1, 0.15) is 26.7 Å². The number of alkyl halides is 2. The Morgan fingerprint density at radius 2 is 2.00 bits per heavy atom. The van der Waals surface area contributed by atoms with Crippen LogP contribution in [0.3, 0.4) is 0 Å². The SMILES string of the molecule is C=C(/C=C(C)\C(F)=C/C)CCC(F)F. The van der Waals surface area contributed by atoms with Gasteiger partial charge in [-0.3, -0.25) is 0 Å². The third-order valence-electron chi connectivity index (χ3n) is 1.73. The number of hydrogen-bond acceptors (Lipinski definition) is 0. The highest BCUT2D eigenvalue weighted by Gasteiger charge is 2.03. The molecule has 0 amide bonds. The van der Waals surface area contributed by atoms with Gasteiger partial charge >= 0.3 is 0 Å². The lowest BCUT2D eigenvalue weighted by atomic mass is 10.1. The van der Waals surface area contributed by atoms with Crippen LogP contribution in [0.5, 0.6) is 0 Å². The lowest BCUT2D eigenvalue weighted by Gasteiger charge is -2.01. The fourth-order valence-electron chi connectivity index (χ4n) is 0.969. The predicted octanol–water partition coefficient (Wildman–Crippen LogP) is 4.41. The first-order valence-electron chi connectivity index (χ1n) is 4.43. The minimum atomic E-state index is -2.33. The van der Waals surface area contributed by atoms with E-state index in [-0.39, 0.29) is 18.7 Å². The maximum atomic E-state index is 12.9. The van der Waals surface area contributed by atoms with Crippen LogP contribution in [0.25, 0.3) is 0 Å². The van der Waals surface area contributed by atoms with Crippen molar-refractivity contribution in [1.82, 2.24) is 0 Å². The zero-order valence-electron chi connectivity index (χ0n) is 8.49. The molecular weight excluding hydrogens is 189 g/mol. The highest BCUT2D eigenvalue weighted by molar-refractivity contribution is 5.30. The van der Waals surface area contributed by atoms with Gasteiger partial charge in [0.05, 0.1) is 0 Å². The van der Waals surface area contributed by atoms with Gasteiger partial charge in [-0.05, 0) is 25.8 Å². The zero-order chi connectivity index (χ0) is 11.1. The van der Waals surface area contributed by atoms with E-state index in [1.807, 2.05) is 0 Å². The predicted molar refractivity (Wildman–Crippen MR) is 53.0 cm³/mol. The Morgan fingerprint density at radius 1 is 1.43 bits per heavy atom. The molecule has 0 aromatic carbocycles. The molecule has 14 heavy (non-hydrogen) atoms. The fourth-order valence-corrected chi connectivity index (χ4v) is 0.969. The van der Waals surface area contributed by atoms with E-state index in [4.69, 9.17) is 0 Å². The van der Waals surface area contributed by atoms with Gasteiger partial charge in [0.2, 0.25) is 6.43 Å². The van der Waals surface area contributed by atoms with Crippen LogP contribution >= 0.6 is 0 Å². The summed E-state index contributed by atoms with van der Waals surface area (Å²) < 4.78 is 36.5. The molecule has 0 fully saturated rings. The Labute approximate surface area is 82.8 Å². The van der Waals surface area contributed by atoms with Gasteiger partial charge in [-0.25, -0.2) is 13.2 Å². The topological polar surface area (TPSA) is 0 Å². The molecule has 0 aliphatic rings. The zero-order valence-corrected chi connectivity index (χ0v) is 8.49. The summed E-state index contributed by atoms with van der Waals surface area (Å²) >= 11 is 0. The van der Waals surface area contributed by atoms with Gasteiger partial charge in [0.15, 0.2) is 0 Å². The van der Waals surface area contributed by atoms with E-state index in [0.717, 1.165) is 0 Å². The summed E-state index contributed by atoms with van der Waals surface area (Å²) in [5, 5.41) is 0. The summed E-state index contributed by atoms with van der Waals surface area (Å²) in [6.07, 6.45) is 0.475. The third-order valence-corrected chi connectivity index (χ3v) is 1.73. The number of rotatable bonds is 5. The normalized spacial score (nSPS) is 13.6. The molecule has 0 aromatic rings. The summed E-state index contributed by atoms with van der Waals surface area (Å²) in [7, 11) is 0. The quantitative estimate of drug-likeness (QED) is 0.582. The Morgan fingerprint density at radius 3 is 2.43 bits per heavy atom. The molecule has 0 radical (unpaired) electrons. The maximum Gasteiger partial charge on any atom is 0.239 e. The van der Waals surface area contributed by atoms with Crippen LogP contribution in [0.15, 0.2) is 35.7 Å². The fraction of sp³-hybridized carbons (Fsp3) is 0.455. The smallest absolute Gasteiger partial charge is 0.211 e. The molecule has 0 heterocycles. The molecule has 0 spiro atoms. The second-order valence-electron chi connectivity index (χ2n) is 3.05. The van der Waals surface area contributed by atoms with Crippen molar-refractivity contribution in [2.45, 2.75) is 33.1 Å². The van der Waals surface area contributed by atoms with Crippen molar-refractivity contribution < 1.29 is 13.2 Å². The van der Waals surface area contributed by atoms with Crippen LogP contribution in [0, 0.1) is 0 Å². The molecule has 0 bridgehead atoms. The first kappa shape index (κ1) is 13.0. The summed E-state index contributed by atoms with van der Waals surface area (Å²) in [4.78, 5) is 0. The second kappa shape index (κ2) is 6.46. The Balaban J connectivity index is 4.16. The highest BCUT2D eigenvalue weighted by atomic mass is 19.3. The number of allylic oxidation sites excluding steroid dienone is 5. The third kappa shape index (κ3) is 5.62. The van der Waals surface area contributed by atoms with Gasteiger partial charge < -0.3 is 0 Å². The molecule has 0 rings (SSSR count). The van der Waals surface area contributed by atoms with E-state index in [2.05, 4.69) is 6.58 Å². The maximum absolute atomic E-state index is 12.9. The second-order valence-corrected chi connectivity index (χ2v) is 3.05. The average Bonchev–Trinajstić information content (AvgIpc) is 2.13. The van der Waals surface area contributed by atoms with E-state index >= 15 is 0 Å². The molecule has 0 aromatic heterocycles. The van der Waals surface area contributed by atoms with E-state index in [0.29, 0.717) is 11.1 Å². The first-order valence-corrected chi connectivity index (χ1v) is 4.43. The van der Waals surface area contributed by atoms with Gasteiger partial charge in [0.1, 0.15) is 5.83 Å². The van der Waals surface area contributed by atoms with Gasteiger partial charge in [-0.1, -0.05) is 24.3 Å². The number of halogens is 3. The lowest BCUT2D eigenvalue weighted by molar-refractivity contribution is 0.138. The van der Waals surface area contributed by atoms with Crippen molar-refractivity contribution in [3.63, 3.8) is 0 Å². The van der Waals surface area contributed by atoms with Crippen LogP contribution in [-0.2, 0) is 0 Å². The summed E-state index contributed by atoms with van der Waals surface area (Å²) in [5.74, 6) is -0.344. The summed E-state index contributed by atoms with van der Waals surface area (Å²) in [5.41, 5.74) is 0.951. The van der Waals surface area contributed by atoms with Gasteiger partial charge in [-0.2, -0.15) is 0 Å². The van der Waals surface area contributed by atoms with Crippen molar-refractivity contribution >= 4 is 0 Å². The largest absolute Gasteiger partial charge is 0.239 e. The van der Waals surface area contributed by atoms with Crippen molar-refractivity contribution in [3.05, 3.63) is 35.7 Å².